The Kier molecular flexibility index (Phi) is 10.7. The molecule has 8 rings (SSSR count). The van der Waals surface area contributed by atoms with Crippen LogP contribution in [0.3, 0.4) is 0 Å². The number of anilines is 1. The van der Waals surface area contributed by atoms with E-state index in [1.807, 2.05) is 0 Å². The van der Waals surface area contributed by atoms with Gasteiger partial charge in [0.2, 0.25) is 5.88 Å². The molecule has 0 radical (unpaired) electrons. The van der Waals surface area contributed by atoms with E-state index in [2.05, 4.69) is 10.2 Å². The van der Waals surface area contributed by atoms with Gasteiger partial charge in [0.1, 0.15) is 0 Å². The van der Waals surface area contributed by atoms with Crippen molar-refractivity contribution in [3.05, 3.63) is 179 Å². The monoisotopic (exact) mass is 906 g/mol. The number of carbonyl (C=O) groups excluding carboxylic acids is 1. The van der Waals surface area contributed by atoms with Crippen LogP contribution in [-0.2, 0) is 0 Å². The minimum absolute atomic E-state index is 0.0248. The Bertz CT molecular complexity index is 3560. The van der Waals surface area contributed by atoms with E-state index in [1.54, 1.807) is 0 Å². The summed E-state index contributed by atoms with van der Waals surface area (Å²) in [5.41, 5.74) is -5.32. The van der Waals surface area contributed by atoms with Gasteiger partial charge in [-0.1, -0.05) is 6.08 Å². The van der Waals surface area contributed by atoms with Gasteiger partial charge in [-0.05, 0) is 109 Å². The highest BCUT2D eigenvalue weighted by Crippen LogP contribution is 2.33. The van der Waals surface area contributed by atoms with Gasteiger partial charge in [-0.25, -0.2) is 28.8 Å². The molecule has 332 valence electrons. The minimum Gasteiger partial charge on any atom is -0.494 e. The van der Waals surface area contributed by atoms with Gasteiger partial charge in [-0.2, -0.15) is 9.69 Å². The molecule has 4 heterocycles. The first-order valence-corrected chi connectivity index (χ1v) is 19.0. The highest BCUT2D eigenvalue weighted by atomic mass is 16.4. The summed E-state index contributed by atoms with van der Waals surface area (Å²) in [5, 5.41) is 78.4. The van der Waals surface area contributed by atoms with Crippen molar-refractivity contribution < 1.29 is 69.3 Å². The first kappa shape index (κ1) is 43.4. The van der Waals surface area contributed by atoms with Gasteiger partial charge >= 0.3 is 35.8 Å². The average Bonchev–Trinajstić information content (AvgIpc) is 3.80. The van der Waals surface area contributed by atoms with E-state index >= 15 is 0 Å². The number of carboxylic acids is 6. The summed E-state index contributed by atoms with van der Waals surface area (Å²) >= 11 is 0. The number of fused-ring (bicyclic) bond motifs is 2. The van der Waals surface area contributed by atoms with Crippen LogP contribution >= 0.6 is 0 Å². The molecule has 1 aromatic heterocycles. The Morgan fingerprint density at radius 2 is 0.955 bits per heavy atom. The largest absolute Gasteiger partial charge is 0.494 e. The molecule has 1 amide bonds. The van der Waals surface area contributed by atoms with Crippen molar-refractivity contribution in [3.63, 3.8) is 0 Å². The molecular weight excluding hydrogens is 881 g/mol. The third-order valence-electron chi connectivity index (χ3n) is 10.3. The number of amides is 1. The van der Waals surface area contributed by atoms with Crippen molar-refractivity contribution in [1.29, 1.82) is 0 Å². The number of nitrogens with zero attached hydrogens (tertiary/aromatic N) is 6. The second-order valence-electron chi connectivity index (χ2n) is 14.4. The first-order chi connectivity index (χ1) is 31.8. The molecule has 3 aliphatic rings. The molecule has 3 aliphatic heterocycles. The molecule has 0 atom stereocenters. The second kappa shape index (κ2) is 16.5. The molecule has 5 aromatic rings. The number of aromatic carboxylic acids is 6. The number of hydrogen-bond donors (Lipinski definition) is 7. The van der Waals surface area contributed by atoms with E-state index in [9.17, 15) is 78.9 Å². The number of rotatable bonds is 12. The van der Waals surface area contributed by atoms with Crippen LogP contribution in [0.2, 0.25) is 0 Å². The summed E-state index contributed by atoms with van der Waals surface area (Å²) < 4.78 is 2.74. The number of aromatic hydroxyl groups is 1. The number of aromatic nitrogens is 4. The minimum atomic E-state index is -1.51. The quantitative estimate of drug-likeness (QED) is 0.0926. The highest BCUT2D eigenvalue weighted by Gasteiger charge is 2.31. The maximum atomic E-state index is 14.3. The fraction of sp³-hybridized carbons (Fsp3) is 0. The smallest absolute Gasteiger partial charge is 0.335 e. The number of allylic oxidation sites excluding steroid dienone is 1. The molecule has 4 aromatic carbocycles. The first-order valence-electron chi connectivity index (χ1n) is 19.0. The van der Waals surface area contributed by atoms with Crippen LogP contribution in [-0.4, -0.2) is 96.4 Å². The van der Waals surface area contributed by atoms with Crippen molar-refractivity contribution in [2.45, 2.75) is 0 Å². The van der Waals surface area contributed by atoms with Crippen molar-refractivity contribution in [2.75, 3.05) is 5.01 Å². The molecule has 0 saturated carbocycles. The SMILES string of the molecule is O=C(O)c1ccc(-n2c3nn(-c4cc(C(=O)O)cc(C(=O)O)c4)c(=O)c-3cc(C=CC=c3cc4c(n(-c5ccc(C(=O)O)cc5)c3=O)=NN(c3cc(C(=O)O)cc(C(=O)O)c3)C4=O)c2O)cc1. The normalized spacial score (nSPS) is 12.3. The molecule has 0 fully saturated rings. The van der Waals surface area contributed by atoms with Crippen LogP contribution in [0.25, 0.3) is 40.6 Å². The van der Waals surface area contributed by atoms with Crippen molar-refractivity contribution >= 4 is 59.6 Å². The zero-order valence-corrected chi connectivity index (χ0v) is 33.5. The molecule has 22 nitrogen and oxygen atoms in total. The van der Waals surface area contributed by atoms with Crippen LogP contribution in [0.1, 0.15) is 78.1 Å². The van der Waals surface area contributed by atoms with Crippen LogP contribution in [0.4, 0.5) is 5.69 Å². The maximum Gasteiger partial charge on any atom is 0.335 e. The van der Waals surface area contributed by atoms with Crippen LogP contribution in [0, 0.1) is 0 Å². The molecule has 0 spiro atoms. The highest BCUT2D eigenvalue weighted by molar-refractivity contribution is 6.08. The lowest BCUT2D eigenvalue weighted by atomic mass is 10.1. The summed E-state index contributed by atoms with van der Waals surface area (Å²) in [6, 6.07) is 17.9. The van der Waals surface area contributed by atoms with Gasteiger partial charge in [-0.15, -0.1) is 10.2 Å². The fourth-order valence-corrected chi connectivity index (χ4v) is 7.08. The van der Waals surface area contributed by atoms with E-state index in [0.717, 1.165) is 51.6 Å². The molecule has 0 aliphatic carbocycles. The maximum absolute atomic E-state index is 14.3. The number of hydrogen-bond acceptors (Lipinski definition) is 12. The molecule has 0 bridgehead atoms. The number of carboxylic acid groups (broad SMARTS) is 6. The Morgan fingerprint density at radius 1 is 0.493 bits per heavy atom. The lowest BCUT2D eigenvalue weighted by molar-refractivity contribution is 0.0676. The van der Waals surface area contributed by atoms with Crippen molar-refractivity contribution in [2.24, 2.45) is 5.10 Å². The molecule has 7 N–H and O–H groups in total. The molecule has 22 heteroatoms. The Hall–Kier alpha value is -10.3. The van der Waals surface area contributed by atoms with Gasteiger partial charge in [0.05, 0.1) is 67.3 Å². The van der Waals surface area contributed by atoms with Crippen molar-refractivity contribution in [3.8, 4) is 34.3 Å². The van der Waals surface area contributed by atoms with E-state index in [0.29, 0.717) is 9.69 Å². The predicted molar refractivity (Wildman–Crippen MR) is 229 cm³/mol. The molecule has 0 saturated heterocycles. The van der Waals surface area contributed by atoms with Gasteiger partial charge < -0.3 is 35.7 Å². The number of pyridine rings is 2. The van der Waals surface area contributed by atoms with E-state index in [1.165, 1.54) is 72.8 Å². The van der Waals surface area contributed by atoms with E-state index < -0.39 is 81.0 Å². The van der Waals surface area contributed by atoms with Gasteiger partial charge in [-0.3, -0.25) is 23.5 Å². The van der Waals surface area contributed by atoms with E-state index in [-0.39, 0.29) is 67.1 Å². The lowest BCUT2D eigenvalue weighted by Gasteiger charge is -2.15. The topological polar surface area (TPSA) is 339 Å². The lowest BCUT2D eigenvalue weighted by Crippen LogP contribution is -2.43. The molecular formula is C45H26N6O16. The Morgan fingerprint density at radius 3 is 1.43 bits per heavy atom. The standard InChI is InChI=1S/C45H26N6O16/c52-36-22(18-32-34(48(36)28-8-4-20(5-9-28)40(56)57)46-50(38(32)54)30-14-24(42(60)61)12-25(15-30)43(62)63)2-1-3-23-19-33-35(49(37(23)53)29-10-6-21(7-11-29)41(58)59)47-51(39(33)55)31-16-26(44(64)65)13-27(17-31)45(66)67/h1-19,52H,(H,56,57)(H,58,59)(H,60,61)(H,62,63)(H,64,65)(H,66,67). The summed E-state index contributed by atoms with van der Waals surface area (Å²) in [7, 11) is 0. The third-order valence-corrected chi connectivity index (χ3v) is 10.3. The number of benzene rings is 4. The Balaban J connectivity index is 1.32. The molecule has 67 heavy (non-hydrogen) atoms. The van der Waals surface area contributed by atoms with E-state index in [4.69, 9.17) is 0 Å². The zero-order chi connectivity index (χ0) is 48.2. The van der Waals surface area contributed by atoms with Crippen LogP contribution in [0.5, 0.6) is 5.88 Å². The molecule has 0 unspecified atom stereocenters. The summed E-state index contributed by atoms with van der Waals surface area (Å²) in [4.78, 5) is 113. The summed E-state index contributed by atoms with van der Waals surface area (Å²) in [6.45, 7) is 0. The van der Waals surface area contributed by atoms with Gasteiger partial charge in [0, 0.05) is 10.8 Å². The van der Waals surface area contributed by atoms with Crippen LogP contribution in [0.15, 0.2) is 118 Å². The summed E-state index contributed by atoms with van der Waals surface area (Å²) in [6.07, 6.45) is 3.69. The average molecular weight is 907 g/mol. The summed E-state index contributed by atoms with van der Waals surface area (Å²) in [5.74, 6) is -10.4. The van der Waals surface area contributed by atoms with Gasteiger partial charge in [0.15, 0.2) is 11.3 Å². The zero-order valence-electron chi connectivity index (χ0n) is 33.5. The fourth-order valence-electron chi connectivity index (χ4n) is 7.08. The Labute approximate surface area is 370 Å². The van der Waals surface area contributed by atoms with Gasteiger partial charge in [0.25, 0.3) is 17.0 Å². The number of carbonyl (C=O) groups is 7. The van der Waals surface area contributed by atoms with Crippen LogP contribution < -0.4 is 26.8 Å². The third kappa shape index (κ3) is 7.79. The predicted octanol–water partition coefficient (Wildman–Crippen LogP) is 2.86. The van der Waals surface area contributed by atoms with Crippen molar-refractivity contribution in [1.82, 2.24) is 18.9 Å². The second-order valence-corrected chi connectivity index (χ2v) is 14.4.